The van der Waals surface area contributed by atoms with Gasteiger partial charge in [0.2, 0.25) is 0 Å². The molecule has 5 nitrogen and oxygen atoms in total. The van der Waals surface area contributed by atoms with Crippen molar-refractivity contribution in [3.05, 3.63) is 69.9 Å². The SMILES string of the molecule is CN=C(NCCCCn1c(C)cccc1=O)N(C)Cc1ccc(F)cc1. The van der Waals surface area contributed by atoms with Gasteiger partial charge in [-0.15, -0.1) is 0 Å². The van der Waals surface area contributed by atoms with Crippen molar-refractivity contribution in [2.45, 2.75) is 32.9 Å². The van der Waals surface area contributed by atoms with Crippen LogP contribution in [0.5, 0.6) is 0 Å². The van der Waals surface area contributed by atoms with Gasteiger partial charge in [-0.25, -0.2) is 4.39 Å². The molecule has 0 atom stereocenters. The van der Waals surface area contributed by atoms with Crippen LogP contribution < -0.4 is 10.9 Å². The largest absolute Gasteiger partial charge is 0.356 e. The molecule has 0 bridgehead atoms. The molecule has 0 saturated heterocycles. The van der Waals surface area contributed by atoms with Crippen LogP contribution in [0.2, 0.25) is 0 Å². The minimum atomic E-state index is -0.230. The molecular formula is C20H27FN4O. The number of rotatable bonds is 7. The summed E-state index contributed by atoms with van der Waals surface area (Å²) in [6.07, 6.45) is 1.85. The summed E-state index contributed by atoms with van der Waals surface area (Å²) in [6, 6.07) is 11.8. The minimum absolute atomic E-state index is 0.0489. The van der Waals surface area contributed by atoms with Crippen LogP contribution in [0.3, 0.4) is 0 Å². The zero-order chi connectivity index (χ0) is 18.9. The first kappa shape index (κ1) is 19.7. The number of pyridine rings is 1. The van der Waals surface area contributed by atoms with E-state index in [1.165, 1.54) is 12.1 Å². The van der Waals surface area contributed by atoms with E-state index in [9.17, 15) is 9.18 Å². The molecule has 0 radical (unpaired) electrons. The Labute approximate surface area is 154 Å². The molecule has 140 valence electrons. The lowest BCUT2D eigenvalue weighted by Gasteiger charge is -2.22. The number of hydrogen-bond acceptors (Lipinski definition) is 2. The standard InChI is InChI=1S/C20H27FN4O/c1-16-7-6-8-19(26)25(16)14-5-4-13-23-20(22-2)24(3)15-17-9-11-18(21)12-10-17/h6-12H,4-5,13-15H2,1-3H3,(H,22,23). The van der Waals surface area contributed by atoms with E-state index in [0.717, 1.165) is 43.1 Å². The van der Waals surface area contributed by atoms with Crippen LogP contribution in [0.15, 0.2) is 52.3 Å². The van der Waals surface area contributed by atoms with Gasteiger partial charge in [-0.3, -0.25) is 9.79 Å². The van der Waals surface area contributed by atoms with Gasteiger partial charge in [0.25, 0.3) is 5.56 Å². The van der Waals surface area contributed by atoms with E-state index < -0.39 is 0 Å². The molecule has 1 aromatic heterocycles. The zero-order valence-electron chi connectivity index (χ0n) is 15.7. The summed E-state index contributed by atoms with van der Waals surface area (Å²) in [6.45, 7) is 4.10. The summed E-state index contributed by atoms with van der Waals surface area (Å²) in [5.41, 5.74) is 2.06. The number of benzene rings is 1. The summed E-state index contributed by atoms with van der Waals surface area (Å²) in [5, 5.41) is 3.33. The van der Waals surface area contributed by atoms with Crippen LogP contribution in [0.25, 0.3) is 0 Å². The molecule has 2 aromatic rings. The van der Waals surface area contributed by atoms with Crippen LogP contribution in [-0.4, -0.2) is 36.1 Å². The van der Waals surface area contributed by atoms with Crippen molar-refractivity contribution >= 4 is 5.96 Å². The van der Waals surface area contributed by atoms with Crippen LogP contribution >= 0.6 is 0 Å². The quantitative estimate of drug-likeness (QED) is 0.470. The monoisotopic (exact) mass is 358 g/mol. The van der Waals surface area contributed by atoms with Gasteiger partial charge in [-0.05, 0) is 43.5 Å². The molecule has 1 N–H and O–H groups in total. The highest BCUT2D eigenvalue weighted by molar-refractivity contribution is 5.79. The predicted octanol–water partition coefficient (Wildman–Crippen LogP) is 2.78. The number of hydrogen-bond donors (Lipinski definition) is 1. The topological polar surface area (TPSA) is 49.6 Å². The van der Waals surface area contributed by atoms with Crippen molar-refractivity contribution in [1.82, 2.24) is 14.8 Å². The summed E-state index contributed by atoms with van der Waals surface area (Å²) in [5.74, 6) is 0.564. The molecule has 0 unspecified atom stereocenters. The van der Waals surface area contributed by atoms with Gasteiger partial charge >= 0.3 is 0 Å². The Kier molecular flexibility index (Phi) is 7.38. The normalized spacial score (nSPS) is 11.5. The fourth-order valence-electron chi connectivity index (χ4n) is 2.83. The van der Waals surface area contributed by atoms with Gasteiger partial charge in [-0.1, -0.05) is 18.2 Å². The Bertz CT molecular complexity index is 783. The molecule has 0 spiro atoms. The van der Waals surface area contributed by atoms with Crippen molar-refractivity contribution in [3.8, 4) is 0 Å². The van der Waals surface area contributed by atoms with Crippen LogP contribution in [0, 0.1) is 12.7 Å². The van der Waals surface area contributed by atoms with E-state index in [0.29, 0.717) is 6.54 Å². The number of nitrogens with one attached hydrogen (secondary N) is 1. The van der Waals surface area contributed by atoms with E-state index in [1.807, 2.05) is 24.9 Å². The lowest BCUT2D eigenvalue weighted by atomic mass is 10.2. The second-order valence-electron chi connectivity index (χ2n) is 6.32. The molecule has 0 fully saturated rings. The number of nitrogens with zero attached hydrogens (tertiary/aromatic N) is 3. The fraction of sp³-hybridized carbons (Fsp3) is 0.400. The van der Waals surface area contributed by atoms with Gasteiger partial charge < -0.3 is 14.8 Å². The van der Waals surface area contributed by atoms with E-state index in [1.54, 1.807) is 35.9 Å². The lowest BCUT2D eigenvalue weighted by molar-refractivity contribution is 0.472. The molecule has 1 aromatic carbocycles. The second-order valence-corrected chi connectivity index (χ2v) is 6.32. The molecule has 0 aliphatic rings. The Morgan fingerprint density at radius 3 is 2.58 bits per heavy atom. The van der Waals surface area contributed by atoms with Gasteiger partial charge in [0.15, 0.2) is 5.96 Å². The maximum atomic E-state index is 13.0. The molecule has 0 amide bonds. The Morgan fingerprint density at radius 2 is 1.92 bits per heavy atom. The van der Waals surface area contributed by atoms with Gasteiger partial charge in [0, 0.05) is 45.5 Å². The van der Waals surface area contributed by atoms with E-state index in [2.05, 4.69) is 10.3 Å². The first-order chi connectivity index (χ1) is 12.5. The smallest absolute Gasteiger partial charge is 0.250 e. The molecule has 2 rings (SSSR count). The maximum Gasteiger partial charge on any atom is 0.250 e. The highest BCUT2D eigenvalue weighted by Gasteiger charge is 2.06. The van der Waals surface area contributed by atoms with Crippen LogP contribution in [0.4, 0.5) is 4.39 Å². The maximum absolute atomic E-state index is 13.0. The number of halogens is 1. The van der Waals surface area contributed by atoms with E-state index in [-0.39, 0.29) is 11.4 Å². The van der Waals surface area contributed by atoms with Crippen LogP contribution in [-0.2, 0) is 13.1 Å². The van der Waals surface area contributed by atoms with E-state index in [4.69, 9.17) is 0 Å². The van der Waals surface area contributed by atoms with Crippen molar-refractivity contribution in [1.29, 1.82) is 0 Å². The van der Waals surface area contributed by atoms with Gasteiger partial charge in [-0.2, -0.15) is 0 Å². The summed E-state index contributed by atoms with van der Waals surface area (Å²) >= 11 is 0. The Morgan fingerprint density at radius 1 is 1.19 bits per heavy atom. The Balaban J connectivity index is 1.76. The average Bonchev–Trinajstić information content (AvgIpc) is 2.62. The first-order valence-electron chi connectivity index (χ1n) is 8.84. The minimum Gasteiger partial charge on any atom is -0.356 e. The molecule has 6 heteroatoms. The zero-order valence-corrected chi connectivity index (χ0v) is 15.7. The van der Waals surface area contributed by atoms with Gasteiger partial charge in [0.05, 0.1) is 0 Å². The Hall–Kier alpha value is -2.63. The number of aromatic nitrogens is 1. The highest BCUT2D eigenvalue weighted by atomic mass is 19.1. The van der Waals surface area contributed by atoms with Crippen molar-refractivity contribution < 1.29 is 4.39 Å². The number of unbranched alkanes of at least 4 members (excludes halogenated alkanes) is 1. The third kappa shape index (κ3) is 5.72. The summed E-state index contributed by atoms with van der Waals surface area (Å²) in [7, 11) is 3.70. The number of aliphatic imine (C=N–C) groups is 1. The van der Waals surface area contributed by atoms with Crippen molar-refractivity contribution in [2.24, 2.45) is 4.99 Å². The predicted molar refractivity (Wildman–Crippen MR) is 104 cm³/mol. The molecule has 26 heavy (non-hydrogen) atoms. The summed E-state index contributed by atoms with van der Waals surface area (Å²) in [4.78, 5) is 18.1. The van der Waals surface area contributed by atoms with E-state index >= 15 is 0 Å². The van der Waals surface area contributed by atoms with Crippen LogP contribution in [0.1, 0.15) is 24.1 Å². The molecule has 0 aliphatic heterocycles. The second kappa shape index (κ2) is 9.75. The van der Waals surface area contributed by atoms with Gasteiger partial charge in [0.1, 0.15) is 5.82 Å². The van der Waals surface area contributed by atoms with Crippen molar-refractivity contribution in [3.63, 3.8) is 0 Å². The van der Waals surface area contributed by atoms with Crippen molar-refractivity contribution in [2.75, 3.05) is 20.6 Å². The third-order valence-corrected chi connectivity index (χ3v) is 4.27. The first-order valence-corrected chi connectivity index (χ1v) is 8.84. The molecular weight excluding hydrogens is 331 g/mol. The fourth-order valence-corrected chi connectivity index (χ4v) is 2.83. The summed E-state index contributed by atoms with van der Waals surface area (Å²) < 4.78 is 14.8. The lowest BCUT2D eigenvalue weighted by Crippen LogP contribution is -2.39. The molecule has 0 aliphatic carbocycles. The highest BCUT2D eigenvalue weighted by Crippen LogP contribution is 2.06. The average molecular weight is 358 g/mol. The number of guanidine groups is 1. The molecule has 1 heterocycles. The third-order valence-electron chi connectivity index (χ3n) is 4.27. The number of aryl methyl sites for hydroxylation is 1. The molecule has 0 saturated carbocycles.